The van der Waals surface area contributed by atoms with Gasteiger partial charge in [-0.3, -0.25) is 0 Å². The van der Waals surface area contributed by atoms with Crippen LogP contribution in [-0.4, -0.2) is 24.6 Å². The summed E-state index contributed by atoms with van der Waals surface area (Å²) in [6.07, 6.45) is 9.10. The predicted octanol–water partition coefficient (Wildman–Crippen LogP) is 4.18. The molecule has 1 N–H and O–H groups in total. The Morgan fingerprint density at radius 2 is 2.10 bits per heavy atom. The summed E-state index contributed by atoms with van der Waals surface area (Å²) < 4.78 is 0. The molecular formula is C18H31NS. The van der Waals surface area contributed by atoms with Gasteiger partial charge in [0.05, 0.1) is 0 Å². The van der Waals surface area contributed by atoms with E-state index in [1.807, 2.05) is 0 Å². The van der Waals surface area contributed by atoms with E-state index in [1.54, 1.807) is 19.3 Å². The summed E-state index contributed by atoms with van der Waals surface area (Å²) in [5.41, 5.74) is 1.40. The maximum Gasteiger partial charge on any atom is 0.000839 e. The Morgan fingerprint density at radius 3 is 2.85 bits per heavy atom. The molecule has 20 heavy (non-hydrogen) atoms. The van der Waals surface area contributed by atoms with E-state index < -0.39 is 0 Å². The molecule has 0 radical (unpaired) electrons. The monoisotopic (exact) mass is 293 g/mol. The molecule has 4 rings (SSSR count). The van der Waals surface area contributed by atoms with E-state index >= 15 is 0 Å². The molecule has 0 aromatic rings. The molecule has 0 amide bonds. The van der Waals surface area contributed by atoms with Crippen molar-refractivity contribution in [2.75, 3.05) is 24.6 Å². The Bertz CT molecular complexity index is 376. The first kappa shape index (κ1) is 13.9. The molecule has 0 aromatic heterocycles. The number of nitrogens with one attached hydrogen (secondary N) is 1. The number of fused-ring (bicyclic) bond motifs is 1. The van der Waals surface area contributed by atoms with Crippen LogP contribution in [0, 0.1) is 34.5 Å². The van der Waals surface area contributed by atoms with Crippen molar-refractivity contribution >= 4 is 11.8 Å². The van der Waals surface area contributed by atoms with Gasteiger partial charge in [-0.2, -0.15) is 11.8 Å². The third kappa shape index (κ3) is 2.17. The highest BCUT2D eigenvalue weighted by Crippen LogP contribution is 2.59. The van der Waals surface area contributed by atoms with E-state index in [9.17, 15) is 0 Å². The van der Waals surface area contributed by atoms with E-state index in [0.717, 1.165) is 23.7 Å². The average Bonchev–Trinajstić information content (AvgIpc) is 3.07. The van der Waals surface area contributed by atoms with E-state index in [2.05, 4.69) is 30.9 Å². The zero-order valence-electron chi connectivity index (χ0n) is 13.3. The fraction of sp³-hybridized carbons (Fsp3) is 1.00. The molecule has 2 saturated carbocycles. The van der Waals surface area contributed by atoms with Crippen LogP contribution in [0.15, 0.2) is 0 Å². The largest absolute Gasteiger partial charge is 0.316 e. The number of hydrogen-bond acceptors (Lipinski definition) is 2. The molecule has 1 nitrogen and oxygen atoms in total. The molecule has 0 bridgehead atoms. The summed E-state index contributed by atoms with van der Waals surface area (Å²) in [5, 5.41) is 3.65. The van der Waals surface area contributed by atoms with Crippen molar-refractivity contribution in [1.29, 1.82) is 0 Å². The molecule has 114 valence electrons. The molecule has 0 aromatic carbocycles. The Hall–Kier alpha value is 0.310. The molecule has 2 heteroatoms. The molecule has 2 aliphatic heterocycles. The predicted molar refractivity (Wildman–Crippen MR) is 88.1 cm³/mol. The number of thioether (sulfide) groups is 1. The smallest absolute Gasteiger partial charge is 0.000839 e. The van der Waals surface area contributed by atoms with Gasteiger partial charge in [0.15, 0.2) is 0 Å². The molecule has 2 saturated heterocycles. The van der Waals surface area contributed by atoms with Crippen LogP contribution >= 0.6 is 11.8 Å². The fourth-order valence-corrected chi connectivity index (χ4v) is 7.83. The average molecular weight is 294 g/mol. The highest BCUT2D eigenvalue weighted by molar-refractivity contribution is 7.99. The fourth-order valence-electron chi connectivity index (χ4n) is 6.07. The lowest BCUT2D eigenvalue weighted by atomic mass is 9.61. The quantitative estimate of drug-likeness (QED) is 0.778. The van der Waals surface area contributed by atoms with Crippen molar-refractivity contribution in [2.24, 2.45) is 34.5 Å². The Labute approximate surface area is 129 Å². The van der Waals surface area contributed by atoms with Gasteiger partial charge in [-0.25, -0.2) is 0 Å². The Morgan fingerprint density at radius 1 is 1.20 bits per heavy atom. The van der Waals surface area contributed by atoms with Gasteiger partial charge in [-0.15, -0.1) is 0 Å². The van der Waals surface area contributed by atoms with Crippen LogP contribution in [0.5, 0.6) is 0 Å². The molecule has 6 atom stereocenters. The van der Waals surface area contributed by atoms with Crippen LogP contribution < -0.4 is 5.32 Å². The van der Waals surface area contributed by atoms with Gasteiger partial charge >= 0.3 is 0 Å². The van der Waals surface area contributed by atoms with Crippen molar-refractivity contribution in [3.8, 4) is 0 Å². The van der Waals surface area contributed by atoms with Crippen molar-refractivity contribution in [3.63, 3.8) is 0 Å². The molecule has 4 fully saturated rings. The van der Waals surface area contributed by atoms with Gasteiger partial charge in [0.25, 0.3) is 0 Å². The summed E-state index contributed by atoms with van der Waals surface area (Å²) in [4.78, 5) is 0. The summed E-state index contributed by atoms with van der Waals surface area (Å²) in [7, 11) is 0. The van der Waals surface area contributed by atoms with Gasteiger partial charge in [0, 0.05) is 6.54 Å². The van der Waals surface area contributed by atoms with E-state index in [0.29, 0.717) is 10.8 Å². The number of rotatable bonds is 1. The molecule has 2 heterocycles. The molecule has 2 aliphatic carbocycles. The zero-order valence-corrected chi connectivity index (χ0v) is 14.1. The minimum Gasteiger partial charge on any atom is -0.316 e. The van der Waals surface area contributed by atoms with E-state index in [1.165, 1.54) is 43.9 Å². The van der Waals surface area contributed by atoms with Crippen LogP contribution in [0.25, 0.3) is 0 Å². The maximum absolute atomic E-state index is 3.65. The molecule has 4 unspecified atom stereocenters. The van der Waals surface area contributed by atoms with Gasteiger partial charge in [-0.05, 0) is 91.1 Å². The first-order valence-electron chi connectivity index (χ1n) is 8.89. The SMILES string of the molecule is C[C@H]1CCC2(CCNC2)CC1C1CC2CSC[C@]2(C)C1. The second kappa shape index (κ2) is 4.91. The molecule has 4 aliphatic rings. The third-order valence-corrected chi connectivity index (χ3v) is 9.02. The lowest BCUT2D eigenvalue weighted by molar-refractivity contribution is 0.0691. The second-order valence-corrected chi connectivity index (χ2v) is 9.91. The summed E-state index contributed by atoms with van der Waals surface area (Å²) in [6.45, 7) is 7.76. The highest BCUT2D eigenvalue weighted by atomic mass is 32.2. The first-order chi connectivity index (χ1) is 9.60. The summed E-state index contributed by atoms with van der Waals surface area (Å²) in [6, 6.07) is 0. The lowest BCUT2D eigenvalue weighted by Crippen LogP contribution is -2.37. The van der Waals surface area contributed by atoms with Crippen LogP contribution in [0.4, 0.5) is 0 Å². The zero-order chi connectivity index (χ0) is 13.8. The van der Waals surface area contributed by atoms with Crippen LogP contribution in [0.3, 0.4) is 0 Å². The maximum atomic E-state index is 3.65. The first-order valence-corrected chi connectivity index (χ1v) is 10.0. The third-order valence-electron chi connectivity index (χ3n) is 7.52. The molecule has 1 spiro atoms. The topological polar surface area (TPSA) is 12.0 Å². The van der Waals surface area contributed by atoms with Crippen molar-refractivity contribution < 1.29 is 0 Å². The Balaban J connectivity index is 1.49. The summed E-state index contributed by atoms with van der Waals surface area (Å²) >= 11 is 2.22. The van der Waals surface area contributed by atoms with E-state index in [4.69, 9.17) is 0 Å². The van der Waals surface area contributed by atoms with Crippen LogP contribution in [0.2, 0.25) is 0 Å². The van der Waals surface area contributed by atoms with Crippen molar-refractivity contribution in [3.05, 3.63) is 0 Å². The highest BCUT2D eigenvalue weighted by Gasteiger charge is 2.52. The van der Waals surface area contributed by atoms with Gasteiger partial charge in [0.2, 0.25) is 0 Å². The van der Waals surface area contributed by atoms with Crippen LogP contribution in [-0.2, 0) is 0 Å². The second-order valence-electron chi connectivity index (χ2n) is 8.88. The van der Waals surface area contributed by atoms with Gasteiger partial charge < -0.3 is 5.32 Å². The minimum atomic E-state index is 0.699. The summed E-state index contributed by atoms with van der Waals surface area (Å²) in [5.74, 6) is 7.03. The minimum absolute atomic E-state index is 0.699. The molecular weight excluding hydrogens is 262 g/mol. The number of hydrogen-bond donors (Lipinski definition) is 1. The lowest BCUT2D eigenvalue weighted by Gasteiger charge is -2.44. The Kier molecular flexibility index (Phi) is 3.42. The standard InChI is InChI=1S/C18H31NS/c1-13-3-4-18(5-6-19-11-18)9-16(13)14-7-15-10-20-12-17(15,2)8-14/h13-16,19H,3-12H2,1-2H3/t13-,14?,15?,16?,17-,18?/m0/s1. The normalized spacial score (nSPS) is 55.5. The van der Waals surface area contributed by atoms with Gasteiger partial charge in [0.1, 0.15) is 0 Å². The van der Waals surface area contributed by atoms with Crippen molar-refractivity contribution in [2.45, 2.75) is 52.4 Å². The van der Waals surface area contributed by atoms with Crippen molar-refractivity contribution in [1.82, 2.24) is 5.32 Å². The van der Waals surface area contributed by atoms with Gasteiger partial charge in [-0.1, -0.05) is 13.8 Å². The van der Waals surface area contributed by atoms with Crippen LogP contribution in [0.1, 0.15) is 52.4 Å². The van der Waals surface area contributed by atoms with E-state index in [-0.39, 0.29) is 0 Å².